The van der Waals surface area contributed by atoms with E-state index < -0.39 is 0 Å². The molecule has 4 rings (SSSR count). The van der Waals surface area contributed by atoms with Gasteiger partial charge in [0.25, 0.3) is 0 Å². The van der Waals surface area contributed by atoms with Gasteiger partial charge < -0.3 is 4.57 Å². The number of hydrogen-bond acceptors (Lipinski definition) is 8. The second-order valence-electron chi connectivity index (χ2n) is 7.52. The summed E-state index contributed by atoms with van der Waals surface area (Å²) in [6, 6.07) is 0. The summed E-state index contributed by atoms with van der Waals surface area (Å²) in [7, 11) is 1.95. The van der Waals surface area contributed by atoms with E-state index in [9.17, 15) is 4.79 Å². The van der Waals surface area contributed by atoms with Crippen LogP contribution in [0.15, 0.2) is 10.5 Å². The van der Waals surface area contributed by atoms with Gasteiger partial charge in [-0.1, -0.05) is 49.3 Å². The van der Waals surface area contributed by atoms with Crippen LogP contribution in [0.5, 0.6) is 0 Å². The number of thioether (sulfide) groups is 1. The predicted octanol–water partition coefficient (Wildman–Crippen LogP) is 5.04. The second-order valence-corrected chi connectivity index (χ2v) is 10.6. The van der Waals surface area contributed by atoms with Crippen molar-refractivity contribution >= 4 is 45.5 Å². The molecule has 0 atom stereocenters. The number of anilines is 1. The van der Waals surface area contributed by atoms with Crippen molar-refractivity contribution in [3.05, 3.63) is 20.8 Å². The van der Waals surface area contributed by atoms with E-state index in [4.69, 9.17) is 0 Å². The Balaban J connectivity index is 1.35. The molecule has 3 aromatic rings. The van der Waals surface area contributed by atoms with Crippen molar-refractivity contribution in [1.82, 2.24) is 25.0 Å². The van der Waals surface area contributed by atoms with Gasteiger partial charge >= 0.3 is 0 Å². The number of carbonyl (C=O) groups is 1. The fourth-order valence-corrected chi connectivity index (χ4v) is 6.44. The average Bonchev–Trinajstić information content (AvgIpc) is 3.46. The molecule has 1 N–H and O–H groups in total. The molecule has 1 aliphatic rings. The topological polar surface area (TPSA) is 85.6 Å². The van der Waals surface area contributed by atoms with Crippen LogP contribution in [0.3, 0.4) is 0 Å². The molecule has 1 saturated carbocycles. The van der Waals surface area contributed by atoms with Crippen LogP contribution in [0.25, 0.3) is 11.4 Å². The predicted molar refractivity (Wildman–Crippen MR) is 124 cm³/mol. The van der Waals surface area contributed by atoms with E-state index in [0.29, 0.717) is 11.0 Å². The monoisotopic (exact) mass is 462 g/mol. The molecule has 0 aliphatic heterocycles. The van der Waals surface area contributed by atoms with Gasteiger partial charge in [0.05, 0.1) is 5.75 Å². The second kappa shape index (κ2) is 9.57. The van der Waals surface area contributed by atoms with Crippen LogP contribution in [-0.4, -0.2) is 36.6 Å². The Hall–Kier alpha value is -1.78. The summed E-state index contributed by atoms with van der Waals surface area (Å²) < 4.78 is 1.96. The molecule has 0 spiro atoms. The van der Waals surface area contributed by atoms with E-state index >= 15 is 0 Å². The molecule has 1 fully saturated rings. The zero-order valence-corrected chi connectivity index (χ0v) is 19.9. The van der Waals surface area contributed by atoms with Crippen LogP contribution in [0.1, 0.15) is 60.4 Å². The first-order valence-electron chi connectivity index (χ1n) is 10.3. The quantitative estimate of drug-likeness (QED) is 0.495. The Labute approximate surface area is 188 Å². The van der Waals surface area contributed by atoms with Gasteiger partial charge in [0.1, 0.15) is 5.01 Å². The first kappa shape index (κ1) is 21.5. The summed E-state index contributed by atoms with van der Waals surface area (Å²) in [4.78, 5) is 13.7. The van der Waals surface area contributed by atoms with Gasteiger partial charge in [0.15, 0.2) is 11.0 Å². The van der Waals surface area contributed by atoms with Gasteiger partial charge in [-0.3, -0.25) is 10.1 Å². The average molecular weight is 463 g/mol. The van der Waals surface area contributed by atoms with Crippen molar-refractivity contribution in [2.45, 2.75) is 63.4 Å². The summed E-state index contributed by atoms with van der Waals surface area (Å²) >= 11 is 4.62. The molecular formula is C20H26N6OS3. The van der Waals surface area contributed by atoms with Crippen LogP contribution in [-0.2, 0) is 18.3 Å². The first-order valence-corrected chi connectivity index (χ1v) is 13.0. The minimum absolute atomic E-state index is 0.100. The Kier molecular flexibility index (Phi) is 6.84. The number of rotatable bonds is 7. The van der Waals surface area contributed by atoms with Crippen LogP contribution >= 0.6 is 34.4 Å². The third kappa shape index (κ3) is 4.60. The molecule has 1 amide bonds. The van der Waals surface area contributed by atoms with E-state index in [-0.39, 0.29) is 11.7 Å². The van der Waals surface area contributed by atoms with Gasteiger partial charge in [0, 0.05) is 28.8 Å². The molecule has 1 aliphatic carbocycles. The number of nitrogens with one attached hydrogen (secondary N) is 1. The van der Waals surface area contributed by atoms with Crippen molar-refractivity contribution in [2.24, 2.45) is 7.05 Å². The molecule has 3 heterocycles. The minimum Gasteiger partial charge on any atom is -0.305 e. The zero-order chi connectivity index (χ0) is 21.1. The smallest absolute Gasteiger partial charge is 0.236 e. The zero-order valence-electron chi connectivity index (χ0n) is 17.5. The molecule has 30 heavy (non-hydrogen) atoms. The fourth-order valence-electron chi connectivity index (χ4n) is 3.87. The molecule has 0 radical (unpaired) electrons. The molecule has 0 unspecified atom stereocenters. The highest BCUT2D eigenvalue weighted by molar-refractivity contribution is 7.99. The van der Waals surface area contributed by atoms with E-state index in [0.717, 1.165) is 28.0 Å². The number of hydrogen-bond donors (Lipinski definition) is 1. The molecule has 0 saturated heterocycles. The van der Waals surface area contributed by atoms with Gasteiger partial charge in [-0.25, -0.2) is 0 Å². The number of amides is 1. The standard InChI is InChI=1S/C20H26N6OS3/c1-4-14-12(2)28-10-15(14)17-22-25-20(26(17)3)29-11-16(27)21-19-24-23-18(30-19)13-8-6-5-7-9-13/h10,13H,4-9,11H2,1-3H3,(H,21,24,27). The van der Waals surface area contributed by atoms with Gasteiger partial charge in [-0.2, -0.15) is 0 Å². The lowest BCUT2D eigenvalue weighted by atomic mass is 9.90. The SMILES string of the molecule is CCc1c(-c2nnc(SCC(=O)Nc3nnc(C4CCCCC4)s3)n2C)csc1C. The normalized spacial score (nSPS) is 14.9. The summed E-state index contributed by atoms with van der Waals surface area (Å²) in [5.41, 5.74) is 2.45. The third-order valence-corrected chi connectivity index (χ3v) is 8.48. The Morgan fingerprint density at radius 2 is 2.03 bits per heavy atom. The molecule has 7 nitrogen and oxygen atoms in total. The van der Waals surface area contributed by atoms with Crippen molar-refractivity contribution in [2.75, 3.05) is 11.1 Å². The maximum Gasteiger partial charge on any atom is 0.236 e. The largest absolute Gasteiger partial charge is 0.305 e. The highest BCUT2D eigenvalue weighted by Crippen LogP contribution is 2.35. The number of aryl methyl sites for hydroxylation is 1. The van der Waals surface area contributed by atoms with Crippen LogP contribution in [0.2, 0.25) is 0 Å². The lowest BCUT2D eigenvalue weighted by Crippen LogP contribution is -2.14. The fraction of sp³-hybridized carbons (Fsp3) is 0.550. The highest BCUT2D eigenvalue weighted by atomic mass is 32.2. The van der Waals surface area contributed by atoms with Gasteiger partial charge in [0.2, 0.25) is 11.0 Å². The molecule has 160 valence electrons. The molecular weight excluding hydrogens is 436 g/mol. The summed E-state index contributed by atoms with van der Waals surface area (Å²) in [6.45, 7) is 4.29. The van der Waals surface area contributed by atoms with E-state index in [1.807, 2.05) is 11.6 Å². The van der Waals surface area contributed by atoms with Gasteiger partial charge in [-0.05, 0) is 31.7 Å². The van der Waals surface area contributed by atoms with Crippen LogP contribution in [0, 0.1) is 6.92 Å². The Morgan fingerprint density at radius 1 is 1.23 bits per heavy atom. The Bertz CT molecular complexity index is 1020. The van der Waals surface area contributed by atoms with E-state index in [1.54, 1.807) is 11.3 Å². The molecule has 3 aromatic heterocycles. The first-order chi connectivity index (χ1) is 14.6. The van der Waals surface area contributed by atoms with E-state index in [1.165, 1.54) is 65.6 Å². The maximum atomic E-state index is 12.4. The minimum atomic E-state index is -0.100. The molecule has 0 bridgehead atoms. The van der Waals surface area contributed by atoms with E-state index in [2.05, 4.69) is 44.9 Å². The number of aromatic nitrogens is 5. The summed E-state index contributed by atoms with van der Waals surface area (Å²) in [6.07, 6.45) is 7.14. The van der Waals surface area contributed by atoms with Crippen molar-refractivity contribution in [3.8, 4) is 11.4 Å². The van der Waals surface area contributed by atoms with Crippen molar-refractivity contribution in [3.63, 3.8) is 0 Å². The molecule has 10 heteroatoms. The van der Waals surface area contributed by atoms with Crippen molar-refractivity contribution in [1.29, 1.82) is 0 Å². The number of nitrogens with zero attached hydrogens (tertiary/aromatic N) is 5. The lowest BCUT2D eigenvalue weighted by molar-refractivity contribution is -0.113. The number of thiophene rings is 1. The summed E-state index contributed by atoms with van der Waals surface area (Å²) in [5, 5.41) is 24.5. The highest BCUT2D eigenvalue weighted by Gasteiger charge is 2.21. The third-order valence-electron chi connectivity index (χ3n) is 5.51. The van der Waals surface area contributed by atoms with Crippen LogP contribution in [0.4, 0.5) is 5.13 Å². The van der Waals surface area contributed by atoms with Gasteiger partial charge in [-0.15, -0.1) is 31.7 Å². The molecule has 0 aromatic carbocycles. The van der Waals surface area contributed by atoms with Crippen molar-refractivity contribution < 1.29 is 4.79 Å². The number of carbonyl (C=O) groups excluding carboxylic acids is 1. The van der Waals surface area contributed by atoms with Crippen LogP contribution < -0.4 is 5.32 Å². The Morgan fingerprint density at radius 3 is 2.80 bits per heavy atom. The maximum absolute atomic E-state index is 12.4. The lowest BCUT2D eigenvalue weighted by Gasteiger charge is -2.18. The summed E-state index contributed by atoms with van der Waals surface area (Å²) in [5.74, 6) is 1.51.